The molecular weight excluding hydrogens is 318 g/mol. The summed E-state index contributed by atoms with van der Waals surface area (Å²) in [6.45, 7) is 5.71. The van der Waals surface area contributed by atoms with Crippen LogP contribution in [0.4, 0.5) is 0 Å². The summed E-state index contributed by atoms with van der Waals surface area (Å²) in [4.78, 5) is 11.4. The summed E-state index contributed by atoms with van der Waals surface area (Å²) in [5.41, 5.74) is -0.342. The van der Waals surface area contributed by atoms with Crippen molar-refractivity contribution in [3.05, 3.63) is 22.1 Å². The second-order valence-corrected chi connectivity index (χ2v) is 6.37. The first-order chi connectivity index (χ1) is 6.47. The van der Waals surface area contributed by atoms with Crippen molar-refractivity contribution in [2.45, 2.75) is 37.5 Å². The van der Waals surface area contributed by atoms with Crippen LogP contribution >= 0.6 is 0 Å². The van der Waals surface area contributed by atoms with Crippen molar-refractivity contribution in [2.75, 3.05) is 0 Å². The van der Waals surface area contributed by atoms with Gasteiger partial charge in [-0.15, -0.1) is 0 Å². The summed E-state index contributed by atoms with van der Waals surface area (Å²) in [6, 6.07) is 0. The van der Waals surface area contributed by atoms with Crippen molar-refractivity contribution < 1.29 is 65.9 Å². The van der Waals surface area contributed by atoms with Crippen molar-refractivity contribution in [3.8, 4) is 0 Å². The maximum Gasteiger partial charge on any atom is -1.00 e. The minimum absolute atomic E-state index is 0. The van der Waals surface area contributed by atoms with Gasteiger partial charge in [-0.25, -0.2) is 0 Å². The zero-order chi connectivity index (χ0) is 10.6. The Bertz CT molecular complexity index is 283. The quantitative estimate of drug-likeness (QED) is 0.379. The van der Waals surface area contributed by atoms with Crippen LogP contribution in [0.5, 0.6) is 0 Å². The molecule has 0 saturated heterocycles. The van der Waals surface area contributed by atoms with Gasteiger partial charge in [-0.1, -0.05) is 0 Å². The number of ether oxygens (including phenoxy) is 1. The molecule has 97 valence electrons. The Kier molecular flexibility index (Phi) is 14.0. The third-order valence-electron chi connectivity index (χ3n) is 1.65. The molecule has 0 fully saturated rings. The molecule has 0 aromatic rings. The fraction of sp³-hybridized carbons (Fsp3) is 0.545. The molecule has 0 N–H and O–H groups in total. The van der Waals surface area contributed by atoms with Crippen LogP contribution in [0.15, 0.2) is 22.1 Å². The van der Waals surface area contributed by atoms with Gasteiger partial charge in [0.15, 0.2) is 0 Å². The molecule has 6 heteroatoms. The van der Waals surface area contributed by atoms with Crippen LogP contribution < -0.4 is 37.2 Å². The molecule has 0 spiro atoms. The number of allylic oxidation sites excluding steroid dienone is 4. The second kappa shape index (κ2) is 10.5. The van der Waals surface area contributed by atoms with Gasteiger partial charge in [0, 0.05) is 0 Å². The number of esters is 1. The summed E-state index contributed by atoms with van der Waals surface area (Å²) in [6.07, 6.45) is 7.37. The van der Waals surface area contributed by atoms with E-state index in [2.05, 4.69) is 18.2 Å². The molecule has 0 aliphatic heterocycles. The molecule has 0 aromatic heterocycles. The first-order valence-corrected chi connectivity index (χ1v) is 6.67. The standard InChI is InChI=1S/C6H11O2.C5H5.3ClH.Ti/c1-5(7)8-6(2,3)4;1-2-4-5-3-1;;;;/h1H2,2-4H3;1-3H,4H2;3*1H;/q;;;;;+3/p-3. The molecule has 0 atom stereocenters. The molecule has 1 aliphatic carbocycles. The third kappa shape index (κ3) is 11.4. The van der Waals surface area contributed by atoms with E-state index < -0.39 is 0 Å². The maximum atomic E-state index is 11.4. The predicted molar refractivity (Wildman–Crippen MR) is 52.5 cm³/mol. The number of rotatable bonds is 3. The summed E-state index contributed by atoms with van der Waals surface area (Å²) in [7, 11) is 0. The van der Waals surface area contributed by atoms with Crippen LogP contribution in [0.25, 0.3) is 0 Å². The summed E-state index contributed by atoms with van der Waals surface area (Å²) in [5.74, 6) is -0.0506. The molecule has 2 nitrogen and oxygen atoms in total. The Morgan fingerprint density at radius 1 is 1.35 bits per heavy atom. The van der Waals surface area contributed by atoms with Gasteiger partial charge in [0.05, 0.1) is 0 Å². The van der Waals surface area contributed by atoms with Crippen LogP contribution in [-0.4, -0.2) is 11.6 Å². The van der Waals surface area contributed by atoms with Gasteiger partial charge < -0.3 is 37.2 Å². The van der Waals surface area contributed by atoms with E-state index in [4.69, 9.17) is 4.74 Å². The molecule has 17 heavy (non-hydrogen) atoms. The van der Waals surface area contributed by atoms with E-state index >= 15 is 0 Å². The topological polar surface area (TPSA) is 26.3 Å². The average molecular weight is 334 g/mol. The van der Waals surface area contributed by atoms with Crippen LogP contribution in [0, 0.1) is 0 Å². The van der Waals surface area contributed by atoms with Crippen molar-refractivity contribution >= 4 is 5.97 Å². The number of halogens is 3. The van der Waals surface area contributed by atoms with Gasteiger partial charge in [0.1, 0.15) is 0 Å². The average Bonchev–Trinajstić information content (AvgIpc) is 2.49. The van der Waals surface area contributed by atoms with Crippen molar-refractivity contribution in [1.82, 2.24) is 0 Å². The van der Waals surface area contributed by atoms with E-state index in [9.17, 15) is 4.79 Å². The molecule has 1 rings (SSSR count). The van der Waals surface area contributed by atoms with Crippen molar-refractivity contribution in [1.29, 1.82) is 0 Å². The fourth-order valence-electron chi connectivity index (χ4n) is 1.14. The Labute approximate surface area is 131 Å². The van der Waals surface area contributed by atoms with Gasteiger partial charge in [0.2, 0.25) is 0 Å². The van der Waals surface area contributed by atoms with Gasteiger partial charge in [-0.05, 0) is 0 Å². The summed E-state index contributed by atoms with van der Waals surface area (Å²) < 4.78 is 7.30. The summed E-state index contributed by atoms with van der Waals surface area (Å²) in [5, 5.41) is 0. The number of carbonyl (C=O) groups excluding carboxylic acids is 1. The largest absolute Gasteiger partial charge is 1.00 e. The number of hydrogen-bond donors (Lipinski definition) is 0. The van der Waals surface area contributed by atoms with Crippen LogP contribution in [0.2, 0.25) is 4.73 Å². The van der Waals surface area contributed by atoms with Gasteiger partial charge in [-0.2, -0.15) is 0 Å². The Balaban J connectivity index is -0.000000653. The van der Waals surface area contributed by atoms with Crippen LogP contribution in [0.1, 0.15) is 27.2 Å². The molecule has 0 saturated carbocycles. The van der Waals surface area contributed by atoms with Crippen molar-refractivity contribution in [2.24, 2.45) is 0 Å². The monoisotopic (exact) mass is 333 g/mol. The van der Waals surface area contributed by atoms with Crippen LogP contribution in [0.3, 0.4) is 0 Å². The van der Waals surface area contributed by atoms with Gasteiger partial charge in [0.25, 0.3) is 0 Å². The van der Waals surface area contributed by atoms with Gasteiger partial charge in [-0.3, -0.25) is 0 Å². The first kappa shape index (κ1) is 22.7. The third-order valence-corrected chi connectivity index (χ3v) is 3.67. The van der Waals surface area contributed by atoms with E-state index in [1.165, 1.54) is 3.88 Å². The van der Waals surface area contributed by atoms with E-state index in [1.807, 2.05) is 20.8 Å². The van der Waals surface area contributed by atoms with Gasteiger partial charge >= 0.3 is 94.3 Å². The zero-order valence-electron chi connectivity index (χ0n) is 10.1. The fourth-order valence-corrected chi connectivity index (χ4v) is 2.58. The SMILES string of the molecule is CC(C)(C)OC(=O)[CH2][Ti+3][C]1=CC=CC1.[Cl-].[Cl-].[Cl-]. The molecule has 0 aromatic carbocycles. The molecule has 1 aliphatic rings. The Hall–Kier alpha value is 0.534. The second-order valence-electron chi connectivity index (χ2n) is 4.26. The minimum atomic E-state index is -0.342. The Morgan fingerprint density at radius 3 is 2.35 bits per heavy atom. The summed E-state index contributed by atoms with van der Waals surface area (Å²) >= 11 is -0.282. The first-order valence-electron chi connectivity index (χ1n) is 4.79. The number of hydrogen-bond acceptors (Lipinski definition) is 2. The molecule has 0 amide bonds. The van der Waals surface area contributed by atoms with Crippen LogP contribution in [-0.2, 0) is 28.7 Å². The Morgan fingerprint density at radius 2 is 1.94 bits per heavy atom. The number of carbonyl (C=O) groups is 1. The van der Waals surface area contributed by atoms with Crippen molar-refractivity contribution in [3.63, 3.8) is 0 Å². The predicted octanol–water partition coefficient (Wildman–Crippen LogP) is -6.32. The van der Waals surface area contributed by atoms with E-state index in [0.29, 0.717) is 4.73 Å². The van der Waals surface area contributed by atoms with E-state index in [1.54, 1.807) is 0 Å². The molecule has 0 radical (unpaired) electrons. The van der Waals surface area contributed by atoms with E-state index in [-0.39, 0.29) is 67.9 Å². The zero-order valence-corrected chi connectivity index (χ0v) is 13.9. The molecular formula is C11H16Cl3O2Ti. The minimum Gasteiger partial charge on any atom is -1.00 e. The normalized spacial score (nSPS) is 12.3. The molecule has 0 unspecified atom stereocenters. The smallest absolute Gasteiger partial charge is 1.00 e. The van der Waals surface area contributed by atoms with E-state index in [0.717, 1.165) is 6.42 Å². The maximum absolute atomic E-state index is 11.4. The molecule has 0 bridgehead atoms. The molecule has 0 heterocycles.